The van der Waals surface area contributed by atoms with Crippen molar-refractivity contribution in [2.45, 2.75) is 38.8 Å². The Bertz CT molecular complexity index is 2240. The van der Waals surface area contributed by atoms with Crippen LogP contribution < -0.4 is 0 Å². The largest absolute Gasteiger partial charge is 0.455 e. The van der Waals surface area contributed by atoms with E-state index in [0.29, 0.717) is 0 Å². The standard InChI is InChI=1S/C39H26OS2/c1-39(2)31-22-24(17-18-27(31)29-19-20-35-38(36(29)39)42-34-16-6-5-15-33(34)41-35)23-9-7-10-25(21-23)26-12-8-13-30-28-11-3-4-14-32(28)40-37(26)30/h3-22H,1-2H3. The van der Waals surface area contributed by atoms with Crippen LogP contribution in [-0.4, -0.2) is 0 Å². The fraction of sp³-hybridized carbons (Fsp3) is 0.0769. The van der Waals surface area contributed by atoms with Gasteiger partial charge in [0.2, 0.25) is 0 Å². The molecule has 2 aliphatic rings. The molecule has 0 atom stereocenters. The lowest BCUT2D eigenvalue weighted by atomic mass is 9.81. The Morgan fingerprint density at radius 2 is 1.24 bits per heavy atom. The Kier molecular flexibility index (Phi) is 5.18. The Balaban J connectivity index is 1.14. The highest BCUT2D eigenvalue weighted by atomic mass is 32.2. The average Bonchev–Trinajstić information content (AvgIpc) is 3.52. The first kappa shape index (κ1) is 24.4. The number of hydrogen-bond donors (Lipinski definition) is 0. The zero-order valence-corrected chi connectivity index (χ0v) is 24.9. The molecule has 1 aromatic heterocycles. The maximum atomic E-state index is 6.37. The molecule has 6 aromatic carbocycles. The van der Waals surface area contributed by atoms with Gasteiger partial charge < -0.3 is 4.42 Å². The molecule has 2 heterocycles. The number of para-hydroxylation sites is 2. The summed E-state index contributed by atoms with van der Waals surface area (Å²) in [5.41, 5.74) is 12.1. The second-order valence-corrected chi connectivity index (χ2v) is 13.8. The molecule has 1 aliphatic carbocycles. The molecule has 0 amide bonds. The van der Waals surface area contributed by atoms with Crippen LogP contribution in [0.2, 0.25) is 0 Å². The minimum Gasteiger partial charge on any atom is -0.455 e. The van der Waals surface area contributed by atoms with Crippen molar-refractivity contribution in [2.75, 3.05) is 0 Å². The van der Waals surface area contributed by atoms with Crippen molar-refractivity contribution in [1.82, 2.24) is 0 Å². The van der Waals surface area contributed by atoms with Crippen LogP contribution in [-0.2, 0) is 5.41 Å². The molecule has 1 nitrogen and oxygen atoms in total. The number of fused-ring (bicyclic) bond motifs is 9. The van der Waals surface area contributed by atoms with E-state index in [2.05, 4.69) is 123 Å². The molecule has 0 N–H and O–H groups in total. The van der Waals surface area contributed by atoms with Crippen LogP contribution in [0.3, 0.4) is 0 Å². The molecule has 3 heteroatoms. The van der Waals surface area contributed by atoms with Crippen molar-refractivity contribution >= 4 is 45.5 Å². The first-order chi connectivity index (χ1) is 20.6. The van der Waals surface area contributed by atoms with Crippen LogP contribution in [0.4, 0.5) is 0 Å². The fourth-order valence-electron chi connectivity index (χ4n) is 6.89. The molecule has 42 heavy (non-hydrogen) atoms. The van der Waals surface area contributed by atoms with Crippen LogP contribution >= 0.6 is 23.5 Å². The molecule has 0 bridgehead atoms. The van der Waals surface area contributed by atoms with Crippen LogP contribution in [0.1, 0.15) is 25.0 Å². The predicted octanol–water partition coefficient (Wildman–Crippen LogP) is 11.8. The van der Waals surface area contributed by atoms with Gasteiger partial charge in [-0.25, -0.2) is 0 Å². The van der Waals surface area contributed by atoms with Gasteiger partial charge in [-0.3, -0.25) is 0 Å². The molecule has 0 radical (unpaired) electrons. The van der Waals surface area contributed by atoms with Crippen LogP contribution in [0, 0.1) is 0 Å². The van der Waals surface area contributed by atoms with E-state index in [1.807, 2.05) is 35.7 Å². The lowest BCUT2D eigenvalue weighted by Gasteiger charge is -2.28. The molecule has 0 fully saturated rings. The summed E-state index contributed by atoms with van der Waals surface area (Å²) in [5.74, 6) is 0. The normalized spacial score (nSPS) is 14.4. The van der Waals surface area contributed by atoms with Gasteiger partial charge >= 0.3 is 0 Å². The predicted molar refractivity (Wildman–Crippen MR) is 177 cm³/mol. The molecule has 0 saturated heterocycles. The van der Waals surface area contributed by atoms with Gasteiger partial charge in [-0.2, -0.15) is 0 Å². The number of hydrogen-bond acceptors (Lipinski definition) is 3. The monoisotopic (exact) mass is 574 g/mol. The van der Waals surface area contributed by atoms with Crippen molar-refractivity contribution in [3.8, 4) is 33.4 Å². The van der Waals surface area contributed by atoms with Gasteiger partial charge in [0.1, 0.15) is 11.2 Å². The van der Waals surface area contributed by atoms with Gasteiger partial charge in [-0.1, -0.05) is 122 Å². The topological polar surface area (TPSA) is 13.1 Å². The Labute approximate surface area is 253 Å². The summed E-state index contributed by atoms with van der Waals surface area (Å²) >= 11 is 3.83. The van der Waals surface area contributed by atoms with Crippen LogP contribution in [0.5, 0.6) is 0 Å². The zero-order valence-electron chi connectivity index (χ0n) is 23.3. The van der Waals surface area contributed by atoms with Crippen LogP contribution in [0.25, 0.3) is 55.3 Å². The smallest absolute Gasteiger partial charge is 0.143 e. The van der Waals surface area contributed by atoms with Gasteiger partial charge in [-0.15, -0.1) is 0 Å². The van der Waals surface area contributed by atoms with E-state index >= 15 is 0 Å². The van der Waals surface area contributed by atoms with Gasteiger partial charge in [0.25, 0.3) is 0 Å². The van der Waals surface area contributed by atoms with Crippen LogP contribution in [0.15, 0.2) is 145 Å². The summed E-state index contributed by atoms with van der Waals surface area (Å²) in [7, 11) is 0. The van der Waals surface area contributed by atoms with Gasteiger partial charge in [0, 0.05) is 41.3 Å². The number of benzene rings is 6. The van der Waals surface area contributed by atoms with E-state index in [0.717, 1.165) is 27.5 Å². The highest BCUT2D eigenvalue weighted by Crippen LogP contribution is 2.58. The minimum atomic E-state index is -0.0939. The van der Waals surface area contributed by atoms with E-state index in [4.69, 9.17) is 4.42 Å². The fourth-order valence-corrected chi connectivity index (χ4v) is 9.44. The van der Waals surface area contributed by atoms with E-state index in [1.165, 1.54) is 58.5 Å². The number of furan rings is 1. The van der Waals surface area contributed by atoms with Crippen molar-refractivity contribution in [3.05, 3.63) is 132 Å². The van der Waals surface area contributed by atoms with Crippen molar-refractivity contribution in [2.24, 2.45) is 0 Å². The molecule has 1 aliphatic heterocycles. The van der Waals surface area contributed by atoms with Gasteiger partial charge in [0.05, 0.1) is 0 Å². The summed E-state index contributed by atoms with van der Waals surface area (Å²) in [6.45, 7) is 4.79. The highest BCUT2D eigenvalue weighted by molar-refractivity contribution is 8.05. The first-order valence-corrected chi connectivity index (χ1v) is 16.0. The third-order valence-electron chi connectivity index (χ3n) is 8.92. The van der Waals surface area contributed by atoms with E-state index in [1.54, 1.807) is 0 Å². The Morgan fingerprint density at radius 3 is 2.14 bits per heavy atom. The molecular formula is C39H26OS2. The highest BCUT2D eigenvalue weighted by Gasteiger charge is 2.39. The average molecular weight is 575 g/mol. The van der Waals surface area contributed by atoms with Gasteiger partial charge in [0.15, 0.2) is 0 Å². The molecule has 0 saturated carbocycles. The SMILES string of the molecule is CC1(C)c2cc(-c3cccc(-c4cccc5c4oc4ccccc45)c3)ccc2-c2ccc3c(c21)Sc1ccccc1S3. The maximum Gasteiger partial charge on any atom is 0.143 e. The van der Waals surface area contributed by atoms with E-state index < -0.39 is 0 Å². The molecular weight excluding hydrogens is 549 g/mol. The zero-order chi connectivity index (χ0) is 28.0. The molecule has 200 valence electrons. The molecule has 0 unspecified atom stereocenters. The minimum absolute atomic E-state index is 0.0939. The summed E-state index contributed by atoms with van der Waals surface area (Å²) < 4.78 is 6.37. The van der Waals surface area contributed by atoms with Crippen molar-refractivity contribution < 1.29 is 4.42 Å². The first-order valence-electron chi connectivity index (χ1n) is 14.3. The summed E-state index contributed by atoms with van der Waals surface area (Å²) in [6.07, 6.45) is 0. The van der Waals surface area contributed by atoms with Crippen molar-refractivity contribution in [3.63, 3.8) is 0 Å². The lowest BCUT2D eigenvalue weighted by Crippen LogP contribution is -2.17. The summed E-state index contributed by atoms with van der Waals surface area (Å²) in [5, 5.41) is 2.32. The summed E-state index contributed by atoms with van der Waals surface area (Å²) in [6, 6.07) is 44.1. The third-order valence-corrected chi connectivity index (χ3v) is 11.5. The third kappa shape index (κ3) is 3.47. The molecule has 0 spiro atoms. The molecule has 9 rings (SSSR count). The maximum absolute atomic E-state index is 6.37. The van der Waals surface area contributed by atoms with E-state index in [-0.39, 0.29) is 5.41 Å². The Morgan fingerprint density at radius 1 is 0.524 bits per heavy atom. The second-order valence-electron chi connectivity index (χ2n) is 11.7. The second kappa shape index (κ2) is 8.91. The lowest BCUT2D eigenvalue weighted by molar-refractivity contribution is 0.642. The Hall–Kier alpha value is -4.18. The van der Waals surface area contributed by atoms with Gasteiger partial charge in [-0.05, 0) is 75.3 Å². The molecule has 7 aromatic rings. The quantitative estimate of drug-likeness (QED) is 0.204. The summed E-state index contributed by atoms with van der Waals surface area (Å²) in [4.78, 5) is 5.49. The number of rotatable bonds is 2. The van der Waals surface area contributed by atoms with E-state index in [9.17, 15) is 0 Å². The van der Waals surface area contributed by atoms with Crippen molar-refractivity contribution in [1.29, 1.82) is 0 Å².